The van der Waals surface area contributed by atoms with E-state index in [1.807, 2.05) is 0 Å². The molecule has 72 valence electrons. The van der Waals surface area contributed by atoms with Crippen molar-refractivity contribution in [3.63, 3.8) is 0 Å². The third-order valence-corrected chi connectivity index (χ3v) is 2.58. The number of hydrogen-bond acceptors (Lipinski definition) is 4. The molecular weight excluding hydrogens is 202 g/mol. The molecule has 2 heterocycles. The van der Waals surface area contributed by atoms with Crippen LogP contribution in [-0.4, -0.2) is 26.3 Å². The Morgan fingerprint density at radius 2 is 2.43 bits per heavy atom. The van der Waals surface area contributed by atoms with Gasteiger partial charge in [0.1, 0.15) is 16.3 Å². The van der Waals surface area contributed by atoms with E-state index in [-0.39, 0.29) is 5.56 Å². The number of nitrogens with one attached hydrogen (secondary N) is 1. The van der Waals surface area contributed by atoms with Crippen LogP contribution in [0.15, 0.2) is 11.6 Å². The van der Waals surface area contributed by atoms with E-state index < -0.39 is 5.97 Å². The number of thiazole rings is 1. The molecule has 0 atom stereocenters. The average molecular weight is 209 g/mol. The second-order valence-corrected chi connectivity index (χ2v) is 3.61. The van der Waals surface area contributed by atoms with Crippen LogP contribution in [0.25, 0.3) is 10.7 Å². The van der Waals surface area contributed by atoms with E-state index in [4.69, 9.17) is 5.11 Å². The van der Waals surface area contributed by atoms with E-state index in [0.29, 0.717) is 16.4 Å². The molecule has 2 aromatic rings. The number of hydrogen-bond donors (Lipinski definition) is 2. The van der Waals surface area contributed by atoms with Gasteiger partial charge >= 0.3 is 5.97 Å². The number of aromatic carboxylic acids is 1. The molecule has 0 bridgehead atoms. The summed E-state index contributed by atoms with van der Waals surface area (Å²) >= 11 is 1.36. The number of aryl methyl sites for hydroxylation is 1. The summed E-state index contributed by atoms with van der Waals surface area (Å²) in [4.78, 5) is 14.9. The van der Waals surface area contributed by atoms with Crippen LogP contribution >= 0.6 is 11.3 Å². The number of carboxylic acids is 1. The highest BCUT2D eigenvalue weighted by atomic mass is 32.1. The fourth-order valence-corrected chi connectivity index (χ4v) is 1.82. The molecule has 0 unspecified atom stereocenters. The lowest BCUT2D eigenvalue weighted by Crippen LogP contribution is -1.99. The minimum atomic E-state index is -0.985. The molecule has 14 heavy (non-hydrogen) atoms. The van der Waals surface area contributed by atoms with E-state index in [1.165, 1.54) is 11.3 Å². The molecule has 0 aromatic carbocycles. The maximum absolute atomic E-state index is 10.9. The lowest BCUT2D eigenvalue weighted by molar-refractivity contribution is 0.0697. The Hall–Kier alpha value is -1.69. The van der Waals surface area contributed by atoms with E-state index in [0.717, 1.165) is 0 Å². The van der Waals surface area contributed by atoms with Gasteiger partial charge in [-0.15, -0.1) is 11.3 Å². The van der Waals surface area contributed by atoms with E-state index in [9.17, 15) is 4.79 Å². The second-order valence-electron chi connectivity index (χ2n) is 2.71. The number of aromatic nitrogens is 3. The first-order chi connectivity index (χ1) is 6.70. The zero-order chi connectivity index (χ0) is 10.1. The van der Waals surface area contributed by atoms with Gasteiger partial charge in [0.2, 0.25) is 0 Å². The van der Waals surface area contributed by atoms with Crippen LogP contribution in [0.4, 0.5) is 0 Å². The summed E-state index contributed by atoms with van der Waals surface area (Å²) in [6.45, 7) is 1.67. The third-order valence-electron chi connectivity index (χ3n) is 1.80. The standard InChI is InChI=1S/C8H7N3O2S/c1-4-5(8(12)13)6(11-10-4)7-9-2-3-14-7/h2-3H,1H3,(H,10,11)(H,12,13). The van der Waals surface area contributed by atoms with Crippen molar-refractivity contribution in [2.24, 2.45) is 0 Å². The summed E-state index contributed by atoms with van der Waals surface area (Å²) in [5.41, 5.74) is 1.15. The van der Waals surface area contributed by atoms with Gasteiger partial charge < -0.3 is 5.11 Å². The molecule has 0 aliphatic carbocycles. The van der Waals surface area contributed by atoms with Gasteiger partial charge in [-0.25, -0.2) is 9.78 Å². The summed E-state index contributed by atoms with van der Waals surface area (Å²) in [6, 6.07) is 0. The molecular formula is C8H7N3O2S. The summed E-state index contributed by atoms with van der Waals surface area (Å²) in [7, 11) is 0. The zero-order valence-corrected chi connectivity index (χ0v) is 8.13. The fourth-order valence-electron chi connectivity index (χ4n) is 1.19. The van der Waals surface area contributed by atoms with Crippen molar-refractivity contribution in [1.29, 1.82) is 0 Å². The molecule has 0 saturated heterocycles. The minimum absolute atomic E-state index is 0.194. The number of aromatic amines is 1. The number of carbonyl (C=O) groups is 1. The van der Waals surface area contributed by atoms with Crippen LogP contribution in [0.5, 0.6) is 0 Å². The Morgan fingerprint density at radius 1 is 1.64 bits per heavy atom. The molecule has 0 spiro atoms. The van der Waals surface area contributed by atoms with Crippen LogP contribution in [0.1, 0.15) is 16.1 Å². The monoisotopic (exact) mass is 209 g/mol. The molecule has 6 heteroatoms. The van der Waals surface area contributed by atoms with Crippen molar-refractivity contribution in [3.05, 3.63) is 22.8 Å². The zero-order valence-electron chi connectivity index (χ0n) is 7.31. The highest BCUT2D eigenvalue weighted by Gasteiger charge is 2.19. The van der Waals surface area contributed by atoms with Gasteiger partial charge in [-0.1, -0.05) is 0 Å². The molecule has 0 radical (unpaired) electrons. The maximum Gasteiger partial charge on any atom is 0.339 e. The van der Waals surface area contributed by atoms with Crippen molar-refractivity contribution in [1.82, 2.24) is 15.2 Å². The molecule has 5 nitrogen and oxygen atoms in total. The SMILES string of the molecule is Cc1[nH]nc(-c2nccs2)c1C(=O)O. The molecule has 0 aliphatic rings. The molecule has 2 aromatic heterocycles. The highest BCUT2D eigenvalue weighted by molar-refractivity contribution is 7.13. The van der Waals surface area contributed by atoms with Crippen LogP contribution < -0.4 is 0 Å². The number of H-pyrrole nitrogens is 1. The van der Waals surface area contributed by atoms with E-state index in [2.05, 4.69) is 15.2 Å². The Labute approximate surface area is 83.4 Å². The number of carboxylic acid groups (broad SMARTS) is 1. The smallest absolute Gasteiger partial charge is 0.339 e. The molecule has 2 N–H and O–H groups in total. The molecule has 0 aliphatic heterocycles. The molecule has 0 fully saturated rings. The van der Waals surface area contributed by atoms with Crippen molar-refractivity contribution >= 4 is 17.3 Å². The van der Waals surface area contributed by atoms with Crippen molar-refractivity contribution in [3.8, 4) is 10.7 Å². The Bertz CT molecular complexity index is 461. The lowest BCUT2D eigenvalue weighted by Gasteiger charge is -1.93. The van der Waals surface area contributed by atoms with Crippen molar-refractivity contribution in [2.75, 3.05) is 0 Å². The summed E-state index contributed by atoms with van der Waals surface area (Å²) < 4.78 is 0. The first-order valence-corrected chi connectivity index (χ1v) is 4.76. The van der Waals surface area contributed by atoms with Gasteiger partial charge in [0, 0.05) is 17.3 Å². The Balaban J connectivity index is 2.60. The number of rotatable bonds is 2. The van der Waals surface area contributed by atoms with Gasteiger partial charge in [0.05, 0.1) is 0 Å². The van der Waals surface area contributed by atoms with Gasteiger partial charge in [0.15, 0.2) is 0 Å². The second kappa shape index (κ2) is 3.22. The van der Waals surface area contributed by atoms with Crippen LogP contribution in [0, 0.1) is 6.92 Å². The Morgan fingerprint density at radius 3 is 3.00 bits per heavy atom. The van der Waals surface area contributed by atoms with Gasteiger partial charge in [-0.3, -0.25) is 5.10 Å². The topological polar surface area (TPSA) is 78.9 Å². The third kappa shape index (κ3) is 1.29. The Kier molecular flexibility index (Phi) is 2.05. The van der Waals surface area contributed by atoms with Crippen LogP contribution in [-0.2, 0) is 0 Å². The van der Waals surface area contributed by atoms with Crippen molar-refractivity contribution < 1.29 is 9.90 Å². The van der Waals surface area contributed by atoms with Gasteiger partial charge in [0.25, 0.3) is 0 Å². The summed E-state index contributed by atoms with van der Waals surface area (Å²) in [5.74, 6) is -0.985. The molecule has 2 rings (SSSR count). The lowest BCUT2D eigenvalue weighted by atomic mass is 10.2. The molecule has 0 saturated carbocycles. The quantitative estimate of drug-likeness (QED) is 0.786. The largest absolute Gasteiger partial charge is 0.478 e. The summed E-state index contributed by atoms with van der Waals surface area (Å²) in [5, 5.41) is 17.9. The first kappa shape index (κ1) is 8.89. The average Bonchev–Trinajstić information content (AvgIpc) is 2.70. The van der Waals surface area contributed by atoms with Crippen molar-refractivity contribution in [2.45, 2.75) is 6.92 Å². The molecule has 0 amide bonds. The van der Waals surface area contributed by atoms with Gasteiger partial charge in [-0.05, 0) is 6.92 Å². The minimum Gasteiger partial charge on any atom is -0.478 e. The predicted octanol–water partition coefficient (Wildman–Crippen LogP) is 1.54. The fraction of sp³-hybridized carbons (Fsp3) is 0.125. The van der Waals surface area contributed by atoms with Crippen LogP contribution in [0.3, 0.4) is 0 Å². The highest BCUT2D eigenvalue weighted by Crippen LogP contribution is 2.24. The first-order valence-electron chi connectivity index (χ1n) is 3.88. The van der Waals surface area contributed by atoms with E-state index in [1.54, 1.807) is 18.5 Å². The predicted molar refractivity (Wildman–Crippen MR) is 51.4 cm³/mol. The van der Waals surface area contributed by atoms with Gasteiger partial charge in [-0.2, -0.15) is 5.10 Å². The van der Waals surface area contributed by atoms with E-state index >= 15 is 0 Å². The number of nitrogens with zero attached hydrogens (tertiary/aromatic N) is 2. The maximum atomic E-state index is 10.9. The van der Waals surface area contributed by atoms with Crippen LogP contribution in [0.2, 0.25) is 0 Å². The normalized spacial score (nSPS) is 10.4. The summed E-state index contributed by atoms with van der Waals surface area (Å²) in [6.07, 6.45) is 1.62.